The first kappa shape index (κ1) is 19.1. The van der Waals surface area contributed by atoms with Gasteiger partial charge in [0.05, 0.1) is 4.90 Å². The van der Waals surface area contributed by atoms with E-state index < -0.39 is 21.8 Å². The van der Waals surface area contributed by atoms with Crippen LogP contribution < -0.4 is 15.6 Å². The lowest BCUT2D eigenvalue weighted by atomic mass is 9.92. The second-order valence-electron chi connectivity index (χ2n) is 6.52. The summed E-state index contributed by atoms with van der Waals surface area (Å²) in [6.45, 7) is 1.90. The Morgan fingerprint density at radius 3 is 2.26 bits per heavy atom. The molecule has 0 saturated carbocycles. The number of amides is 2. The number of fused-ring (bicyclic) bond motifs is 1. The van der Waals surface area contributed by atoms with E-state index in [1.807, 2.05) is 17.2 Å². The number of benzene rings is 2. The van der Waals surface area contributed by atoms with Gasteiger partial charge >= 0.3 is 11.8 Å². The summed E-state index contributed by atoms with van der Waals surface area (Å²) >= 11 is 0. The molecule has 142 valence electrons. The van der Waals surface area contributed by atoms with Crippen LogP contribution in [0.15, 0.2) is 47.4 Å². The summed E-state index contributed by atoms with van der Waals surface area (Å²) in [6.07, 6.45) is 3.91. The topological polar surface area (TPSA) is 104 Å². The van der Waals surface area contributed by atoms with Gasteiger partial charge < -0.3 is 5.32 Å². The van der Waals surface area contributed by atoms with Gasteiger partial charge in [0.1, 0.15) is 0 Å². The van der Waals surface area contributed by atoms with E-state index in [4.69, 9.17) is 0 Å². The Labute approximate surface area is 158 Å². The zero-order valence-corrected chi connectivity index (χ0v) is 15.7. The van der Waals surface area contributed by atoms with E-state index in [-0.39, 0.29) is 4.90 Å². The van der Waals surface area contributed by atoms with Crippen LogP contribution in [0.1, 0.15) is 29.5 Å². The minimum atomic E-state index is -3.96. The van der Waals surface area contributed by atoms with Crippen LogP contribution in [0.2, 0.25) is 0 Å². The molecule has 0 aromatic heterocycles. The number of anilines is 1. The van der Waals surface area contributed by atoms with Crippen molar-refractivity contribution in [3.05, 3.63) is 59.2 Å². The summed E-state index contributed by atoms with van der Waals surface area (Å²) in [5.74, 6) is -2.07. The molecule has 7 nitrogen and oxygen atoms in total. The predicted molar refractivity (Wildman–Crippen MR) is 101 cm³/mol. The second-order valence-corrected chi connectivity index (χ2v) is 8.20. The average molecular weight is 387 g/mol. The molecule has 1 aliphatic carbocycles. The fourth-order valence-corrected chi connectivity index (χ4v) is 3.82. The molecule has 2 aromatic carbocycles. The molecule has 3 N–H and O–H groups in total. The van der Waals surface area contributed by atoms with Crippen LogP contribution in [-0.2, 0) is 32.5 Å². The van der Waals surface area contributed by atoms with E-state index in [1.54, 1.807) is 36.4 Å². The van der Waals surface area contributed by atoms with Crippen LogP contribution in [0.5, 0.6) is 0 Å². The van der Waals surface area contributed by atoms with Gasteiger partial charge in [-0.05, 0) is 68.0 Å². The second kappa shape index (κ2) is 7.89. The lowest BCUT2D eigenvalue weighted by Crippen LogP contribution is -2.46. The number of carbonyl (C=O) groups is 2. The highest BCUT2D eigenvalue weighted by molar-refractivity contribution is 7.89. The number of rotatable bonds is 4. The van der Waals surface area contributed by atoms with Crippen molar-refractivity contribution in [2.45, 2.75) is 37.5 Å². The number of hydrogen-bond donors (Lipinski definition) is 3. The van der Waals surface area contributed by atoms with E-state index in [2.05, 4.69) is 5.32 Å². The standard InChI is InChI=1S/C19H21N3O4S/c1-13-6-9-16(10-7-13)20-18(23)19(24)21-22-27(25,26)17-11-8-14-4-2-3-5-15(14)12-17/h6-12,22H,2-5H2,1H3,(H,20,23)(H,21,24). The lowest BCUT2D eigenvalue weighted by molar-refractivity contribution is -0.136. The van der Waals surface area contributed by atoms with Gasteiger partial charge in [-0.15, -0.1) is 4.83 Å². The van der Waals surface area contributed by atoms with Gasteiger partial charge in [0.15, 0.2) is 0 Å². The third-order valence-corrected chi connectivity index (χ3v) is 5.69. The van der Waals surface area contributed by atoms with Crippen molar-refractivity contribution in [1.29, 1.82) is 0 Å². The van der Waals surface area contributed by atoms with Crippen LogP contribution in [0, 0.1) is 6.92 Å². The fourth-order valence-electron chi connectivity index (χ4n) is 2.93. The number of hydrogen-bond acceptors (Lipinski definition) is 4. The van der Waals surface area contributed by atoms with Gasteiger partial charge in [0.2, 0.25) is 0 Å². The molecule has 2 amide bonds. The molecule has 0 radical (unpaired) electrons. The molecular weight excluding hydrogens is 366 g/mol. The Hall–Kier alpha value is -2.71. The number of hydrazine groups is 1. The number of sulfonamides is 1. The minimum absolute atomic E-state index is 0.0578. The zero-order valence-electron chi connectivity index (χ0n) is 14.9. The average Bonchev–Trinajstić information content (AvgIpc) is 2.67. The van der Waals surface area contributed by atoms with Gasteiger partial charge in [-0.3, -0.25) is 15.0 Å². The first-order chi connectivity index (χ1) is 12.8. The van der Waals surface area contributed by atoms with Crippen molar-refractivity contribution >= 4 is 27.5 Å². The first-order valence-corrected chi connectivity index (χ1v) is 10.1. The summed E-state index contributed by atoms with van der Waals surface area (Å²) in [4.78, 5) is 25.8. The Morgan fingerprint density at radius 2 is 1.56 bits per heavy atom. The molecule has 0 saturated heterocycles. The monoisotopic (exact) mass is 387 g/mol. The molecule has 0 atom stereocenters. The van der Waals surface area contributed by atoms with Crippen molar-refractivity contribution in [3.8, 4) is 0 Å². The minimum Gasteiger partial charge on any atom is -0.318 e. The molecule has 0 unspecified atom stereocenters. The maximum Gasteiger partial charge on any atom is 0.324 e. The van der Waals surface area contributed by atoms with Gasteiger partial charge in [0, 0.05) is 5.69 Å². The highest BCUT2D eigenvalue weighted by atomic mass is 32.2. The molecule has 0 spiro atoms. The van der Waals surface area contributed by atoms with Gasteiger partial charge in [-0.2, -0.15) is 0 Å². The normalized spacial score (nSPS) is 13.5. The van der Waals surface area contributed by atoms with Crippen LogP contribution >= 0.6 is 0 Å². The maximum absolute atomic E-state index is 12.4. The summed E-state index contributed by atoms with van der Waals surface area (Å²) in [7, 11) is -3.96. The third kappa shape index (κ3) is 4.72. The number of carbonyl (C=O) groups excluding carboxylic acids is 2. The summed E-state index contributed by atoms with van der Waals surface area (Å²) in [6, 6.07) is 11.8. The zero-order chi connectivity index (χ0) is 19.4. The van der Waals surface area contributed by atoms with E-state index in [0.717, 1.165) is 42.4 Å². The molecule has 0 fully saturated rings. The lowest BCUT2D eigenvalue weighted by Gasteiger charge is -2.16. The molecule has 27 heavy (non-hydrogen) atoms. The van der Waals surface area contributed by atoms with Crippen molar-refractivity contribution in [3.63, 3.8) is 0 Å². The van der Waals surface area contributed by atoms with Crippen LogP contribution in [0.25, 0.3) is 0 Å². The predicted octanol–water partition coefficient (Wildman–Crippen LogP) is 1.82. The smallest absolute Gasteiger partial charge is 0.318 e. The van der Waals surface area contributed by atoms with Crippen molar-refractivity contribution in [1.82, 2.24) is 10.3 Å². The molecule has 2 aromatic rings. The fraction of sp³-hybridized carbons (Fsp3) is 0.263. The summed E-state index contributed by atoms with van der Waals surface area (Å²) in [5.41, 5.74) is 5.56. The van der Waals surface area contributed by atoms with Crippen molar-refractivity contribution in [2.24, 2.45) is 0 Å². The Morgan fingerprint density at radius 1 is 0.889 bits per heavy atom. The molecular formula is C19H21N3O4S. The summed E-state index contributed by atoms with van der Waals surface area (Å²) < 4.78 is 24.8. The van der Waals surface area contributed by atoms with E-state index in [1.165, 1.54) is 6.07 Å². The Bertz CT molecular complexity index is 969. The molecule has 0 bridgehead atoms. The molecule has 3 rings (SSSR count). The van der Waals surface area contributed by atoms with E-state index in [9.17, 15) is 18.0 Å². The first-order valence-electron chi connectivity index (χ1n) is 8.67. The molecule has 0 aliphatic heterocycles. The van der Waals surface area contributed by atoms with Crippen LogP contribution in [0.4, 0.5) is 5.69 Å². The Balaban J connectivity index is 1.61. The SMILES string of the molecule is Cc1ccc(NC(=O)C(=O)NNS(=O)(=O)c2ccc3c(c2)CCCC3)cc1. The van der Waals surface area contributed by atoms with Gasteiger partial charge in [-0.1, -0.05) is 23.8 Å². The highest BCUT2D eigenvalue weighted by Gasteiger charge is 2.20. The van der Waals surface area contributed by atoms with Gasteiger partial charge in [0.25, 0.3) is 10.0 Å². The van der Waals surface area contributed by atoms with Gasteiger partial charge in [-0.25, -0.2) is 8.42 Å². The summed E-state index contributed by atoms with van der Waals surface area (Å²) in [5, 5.41) is 2.40. The molecule has 1 aliphatic rings. The van der Waals surface area contributed by atoms with Crippen LogP contribution in [0.3, 0.4) is 0 Å². The number of aryl methyl sites for hydroxylation is 3. The quantitative estimate of drug-likeness (QED) is 0.550. The number of nitrogens with one attached hydrogen (secondary N) is 3. The largest absolute Gasteiger partial charge is 0.324 e. The van der Waals surface area contributed by atoms with E-state index in [0.29, 0.717) is 5.69 Å². The third-order valence-electron chi connectivity index (χ3n) is 4.44. The van der Waals surface area contributed by atoms with Crippen molar-refractivity contribution < 1.29 is 18.0 Å². The van der Waals surface area contributed by atoms with E-state index >= 15 is 0 Å². The van der Waals surface area contributed by atoms with Crippen molar-refractivity contribution in [2.75, 3.05) is 5.32 Å². The Kier molecular flexibility index (Phi) is 5.57. The van der Waals surface area contributed by atoms with Crippen LogP contribution in [-0.4, -0.2) is 20.2 Å². The highest BCUT2D eigenvalue weighted by Crippen LogP contribution is 2.23. The molecule has 8 heteroatoms. The molecule has 0 heterocycles. The maximum atomic E-state index is 12.4.